The van der Waals surface area contributed by atoms with E-state index in [1.54, 1.807) is 6.07 Å². The monoisotopic (exact) mass is 383 g/mol. The van der Waals surface area contributed by atoms with Gasteiger partial charge in [0.2, 0.25) is 10.0 Å². The van der Waals surface area contributed by atoms with Crippen LogP contribution in [0.4, 0.5) is 0 Å². The topological polar surface area (TPSA) is 75.6 Å². The summed E-state index contributed by atoms with van der Waals surface area (Å²) in [7, 11) is -3.80. The average Bonchev–Trinajstić information content (AvgIpc) is 2.38. The third kappa shape index (κ3) is 3.52. The fourth-order valence-corrected chi connectivity index (χ4v) is 4.58. The Kier molecular flexibility index (Phi) is 5.09. The molecule has 0 radical (unpaired) electrons. The smallest absolute Gasteiger partial charge is 0.242 e. The molecule has 1 aliphatic heterocycles. The van der Waals surface area contributed by atoms with Crippen molar-refractivity contribution in [1.82, 2.24) is 4.72 Å². The maximum atomic E-state index is 12.4. The van der Waals surface area contributed by atoms with Crippen LogP contribution in [-0.4, -0.2) is 38.9 Å². The zero-order valence-electron chi connectivity index (χ0n) is 10.6. The molecule has 0 bridgehead atoms. The van der Waals surface area contributed by atoms with Crippen molar-refractivity contribution in [3.05, 3.63) is 27.7 Å². The predicted molar refractivity (Wildman–Crippen MR) is 79.3 cm³/mol. The van der Waals surface area contributed by atoms with Crippen molar-refractivity contribution in [2.75, 3.05) is 19.8 Å². The van der Waals surface area contributed by atoms with E-state index in [1.165, 1.54) is 12.1 Å². The first-order valence-corrected chi connectivity index (χ1v) is 8.72. The molecule has 1 fully saturated rings. The number of rotatable bonds is 4. The summed E-state index contributed by atoms with van der Waals surface area (Å²) in [5.41, 5.74) is -0.881. The van der Waals surface area contributed by atoms with Crippen LogP contribution in [0.25, 0.3) is 0 Å². The molecule has 1 aliphatic rings. The summed E-state index contributed by atoms with van der Waals surface area (Å²) in [6, 6.07) is 4.56. The number of ether oxygens (including phenoxy) is 1. The summed E-state index contributed by atoms with van der Waals surface area (Å²) >= 11 is 9.21. The SMILES string of the molecule is O=S(=O)(NC1(CO)CCOCC1)c1ccc(Br)cc1Cl. The lowest BCUT2D eigenvalue weighted by Gasteiger charge is -2.35. The second kappa shape index (κ2) is 6.29. The summed E-state index contributed by atoms with van der Waals surface area (Å²) in [6.45, 7) is 0.554. The van der Waals surface area contributed by atoms with Crippen LogP contribution in [0.1, 0.15) is 12.8 Å². The van der Waals surface area contributed by atoms with Crippen molar-refractivity contribution in [2.45, 2.75) is 23.3 Å². The fraction of sp³-hybridized carbons (Fsp3) is 0.500. The van der Waals surface area contributed by atoms with Gasteiger partial charge >= 0.3 is 0 Å². The molecule has 1 heterocycles. The summed E-state index contributed by atoms with van der Waals surface area (Å²) in [6.07, 6.45) is 0.855. The van der Waals surface area contributed by atoms with Crippen molar-refractivity contribution in [3.8, 4) is 0 Å². The van der Waals surface area contributed by atoms with Crippen LogP contribution in [-0.2, 0) is 14.8 Å². The Balaban J connectivity index is 2.30. The van der Waals surface area contributed by atoms with Crippen molar-refractivity contribution in [3.63, 3.8) is 0 Å². The van der Waals surface area contributed by atoms with Gasteiger partial charge in [-0.2, -0.15) is 0 Å². The molecule has 0 saturated carbocycles. The molecule has 1 aromatic carbocycles. The molecule has 0 unspecified atom stereocenters. The Morgan fingerprint density at radius 1 is 1.40 bits per heavy atom. The van der Waals surface area contributed by atoms with Crippen LogP contribution in [0.5, 0.6) is 0 Å². The molecule has 0 spiro atoms. The Hall–Kier alpha value is -0.180. The zero-order valence-corrected chi connectivity index (χ0v) is 13.8. The van der Waals surface area contributed by atoms with E-state index < -0.39 is 15.6 Å². The Labute approximate surface area is 131 Å². The highest BCUT2D eigenvalue weighted by molar-refractivity contribution is 9.10. The van der Waals surface area contributed by atoms with Gasteiger partial charge in [0.1, 0.15) is 4.90 Å². The van der Waals surface area contributed by atoms with E-state index in [9.17, 15) is 13.5 Å². The number of hydrogen-bond donors (Lipinski definition) is 2. The largest absolute Gasteiger partial charge is 0.394 e. The molecule has 0 amide bonds. The quantitative estimate of drug-likeness (QED) is 0.831. The van der Waals surface area contributed by atoms with E-state index >= 15 is 0 Å². The molecule has 112 valence electrons. The van der Waals surface area contributed by atoms with Gasteiger partial charge in [-0.25, -0.2) is 13.1 Å². The highest BCUT2D eigenvalue weighted by Gasteiger charge is 2.37. The molecule has 1 aromatic rings. The minimum Gasteiger partial charge on any atom is -0.394 e. The number of aliphatic hydroxyl groups is 1. The Morgan fingerprint density at radius 2 is 2.05 bits per heavy atom. The number of hydrogen-bond acceptors (Lipinski definition) is 4. The van der Waals surface area contributed by atoms with Gasteiger partial charge in [0.15, 0.2) is 0 Å². The van der Waals surface area contributed by atoms with Crippen LogP contribution in [0.2, 0.25) is 5.02 Å². The number of nitrogens with one attached hydrogen (secondary N) is 1. The summed E-state index contributed by atoms with van der Waals surface area (Å²) < 4.78 is 33.4. The molecule has 0 aromatic heterocycles. The molecular weight excluding hydrogens is 370 g/mol. The second-order valence-electron chi connectivity index (χ2n) is 4.73. The van der Waals surface area contributed by atoms with Gasteiger partial charge in [0, 0.05) is 17.7 Å². The second-order valence-corrected chi connectivity index (χ2v) is 7.70. The first-order chi connectivity index (χ1) is 9.38. The van der Waals surface area contributed by atoms with Crippen molar-refractivity contribution in [1.29, 1.82) is 0 Å². The number of aliphatic hydroxyl groups excluding tert-OH is 1. The van der Waals surface area contributed by atoms with Crippen molar-refractivity contribution in [2.24, 2.45) is 0 Å². The normalized spacial score (nSPS) is 18.9. The van der Waals surface area contributed by atoms with Gasteiger partial charge in [0.05, 0.1) is 17.2 Å². The standard InChI is InChI=1S/C12H15BrClNO4S/c13-9-1-2-11(10(14)7-9)20(17,18)15-12(8-16)3-5-19-6-4-12/h1-2,7,15-16H,3-6,8H2. The Bertz CT molecular complexity index is 587. The zero-order chi connectivity index (χ0) is 14.8. The molecular formula is C12H15BrClNO4S. The first-order valence-electron chi connectivity index (χ1n) is 6.06. The maximum absolute atomic E-state index is 12.4. The molecule has 2 rings (SSSR count). The number of benzene rings is 1. The minimum atomic E-state index is -3.80. The van der Waals surface area contributed by atoms with Crippen LogP contribution >= 0.6 is 27.5 Å². The van der Waals surface area contributed by atoms with Gasteiger partial charge in [-0.1, -0.05) is 27.5 Å². The van der Waals surface area contributed by atoms with E-state index in [4.69, 9.17) is 16.3 Å². The molecule has 5 nitrogen and oxygen atoms in total. The lowest BCUT2D eigenvalue weighted by atomic mass is 9.93. The first kappa shape index (κ1) is 16.2. The Morgan fingerprint density at radius 3 is 2.60 bits per heavy atom. The van der Waals surface area contributed by atoms with Crippen molar-refractivity contribution >= 4 is 37.6 Å². The summed E-state index contributed by atoms with van der Waals surface area (Å²) in [5, 5.41) is 9.67. The van der Waals surface area contributed by atoms with Crippen molar-refractivity contribution < 1.29 is 18.3 Å². The summed E-state index contributed by atoms with van der Waals surface area (Å²) in [5.74, 6) is 0. The highest BCUT2D eigenvalue weighted by atomic mass is 79.9. The maximum Gasteiger partial charge on any atom is 0.242 e. The van der Waals surface area contributed by atoms with Gasteiger partial charge in [-0.05, 0) is 31.0 Å². The van der Waals surface area contributed by atoms with Crippen LogP contribution < -0.4 is 4.72 Å². The molecule has 1 saturated heterocycles. The van der Waals surface area contributed by atoms with E-state index in [1.807, 2.05) is 0 Å². The summed E-state index contributed by atoms with van der Waals surface area (Å²) in [4.78, 5) is 0.00156. The van der Waals surface area contributed by atoms with E-state index in [0.29, 0.717) is 30.5 Å². The van der Waals surface area contributed by atoms with Gasteiger partial charge in [-0.3, -0.25) is 0 Å². The predicted octanol–water partition coefficient (Wildman–Crippen LogP) is 1.92. The molecule has 2 N–H and O–H groups in total. The van der Waals surface area contributed by atoms with E-state index in [0.717, 1.165) is 0 Å². The van der Waals surface area contributed by atoms with E-state index in [-0.39, 0.29) is 16.5 Å². The molecule has 0 aliphatic carbocycles. The van der Waals surface area contributed by atoms with Crippen LogP contribution in [0, 0.1) is 0 Å². The third-order valence-corrected chi connectivity index (χ3v) is 5.84. The molecule has 8 heteroatoms. The van der Waals surface area contributed by atoms with Crippen LogP contribution in [0.15, 0.2) is 27.6 Å². The minimum absolute atomic E-state index is 0.00156. The van der Waals surface area contributed by atoms with Gasteiger partial charge in [0.25, 0.3) is 0 Å². The highest BCUT2D eigenvalue weighted by Crippen LogP contribution is 2.28. The third-order valence-electron chi connectivity index (χ3n) is 3.29. The van der Waals surface area contributed by atoms with E-state index in [2.05, 4.69) is 20.7 Å². The molecule has 20 heavy (non-hydrogen) atoms. The average molecular weight is 385 g/mol. The lowest BCUT2D eigenvalue weighted by Crippen LogP contribution is -2.54. The van der Waals surface area contributed by atoms with Gasteiger partial charge < -0.3 is 9.84 Å². The number of halogens is 2. The molecule has 0 atom stereocenters. The fourth-order valence-electron chi connectivity index (χ4n) is 2.09. The number of sulfonamides is 1. The van der Waals surface area contributed by atoms with Gasteiger partial charge in [-0.15, -0.1) is 0 Å². The lowest BCUT2D eigenvalue weighted by molar-refractivity contribution is 0.0223. The van der Waals surface area contributed by atoms with Crippen LogP contribution in [0.3, 0.4) is 0 Å².